The first-order valence-electron chi connectivity index (χ1n) is 4.00. The van der Waals surface area contributed by atoms with E-state index < -0.39 is 10.5 Å². The van der Waals surface area contributed by atoms with E-state index in [1.54, 1.807) is 13.0 Å². The maximum absolute atomic E-state index is 12.3. The summed E-state index contributed by atoms with van der Waals surface area (Å²) in [4.78, 5) is 0.497. The largest absolute Gasteiger partial charge is 0.488 e. The smallest absolute Gasteiger partial charge is 0.358 e. The van der Waals surface area contributed by atoms with E-state index in [-0.39, 0.29) is 12.3 Å². The molecule has 2 N–H and O–H groups in total. The molecular weight excluding hydrogens is 241 g/mol. The third-order valence-corrected chi connectivity index (χ3v) is 2.66. The molecule has 0 spiro atoms. The summed E-state index contributed by atoms with van der Waals surface area (Å²) >= 11 is 4.09. The number of hydrogen-bond donors (Lipinski definition) is 2. The molecule has 0 aromatic heterocycles. The molecule has 0 aliphatic rings. The van der Waals surface area contributed by atoms with Crippen LogP contribution >= 0.6 is 12.6 Å². The molecule has 0 atom stereocenters. The van der Waals surface area contributed by atoms with E-state index in [9.17, 15) is 12.3 Å². The first kappa shape index (κ1) is 12.3. The quantitative estimate of drug-likeness (QED) is 0.628. The van der Waals surface area contributed by atoms with Gasteiger partial charge < -0.3 is 9.92 Å². The topological polar surface area (TPSA) is 69.4 Å². The number of hydrogen-bond acceptors (Lipinski definition) is 5. The fourth-order valence-corrected chi connectivity index (χ4v) is 1.70. The first-order valence-corrected chi connectivity index (χ1v) is 5.75. The van der Waals surface area contributed by atoms with E-state index in [1.165, 1.54) is 6.07 Å². The Hall–Kier alpha value is -0.790. The third kappa shape index (κ3) is 3.37. The van der Waals surface area contributed by atoms with Crippen LogP contribution in [0.15, 0.2) is 17.0 Å². The zero-order chi connectivity index (χ0) is 11.6. The highest BCUT2D eigenvalue weighted by atomic mass is 32.3. The summed E-state index contributed by atoms with van der Waals surface area (Å²) in [5, 5.41) is 0. The Morgan fingerprint density at radius 3 is 2.60 bits per heavy atom. The first-order chi connectivity index (χ1) is 6.83. The Morgan fingerprint density at radius 1 is 1.53 bits per heavy atom. The Morgan fingerprint density at radius 2 is 2.13 bits per heavy atom. The molecule has 84 valence electrons. The fourth-order valence-electron chi connectivity index (χ4n) is 1.04. The molecule has 0 saturated carbocycles. The van der Waals surface area contributed by atoms with E-state index in [0.717, 1.165) is 0 Å². The van der Waals surface area contributed by atoms with Gasteiger partial charge in [0, 0.05) is 17.0 Å². The minimum Gasteiger partial charge on any atom is -0.358 e. The summed E-state index contributed by atoms with van der Waals surface area (Å²) in [7, 11) is -5.02. The number of thiol groups is 1. The van der Waals surface area contributed by atoms with E-state index >= 15 is 0 Å². The van der Waals surface area contributed by atoms with E-state index in [2.05, 4.69) is 16.8 Å². The van der Waals surface area contributed by atoms with Crippen molar-refractivity contribution in [3.8, 4) is 5.75 Å². The summed E-state index contributed by atoms with van der Waals surface area (Å²) in [6.45, 7) is 1.76. The predicted molar refractivity (Wildman–Crippen MR) is 57.0 cm³/mol. The van der Waals surface area contributed by atoms with E-state index in [1.807, 2.05) is 0 Å². The van der Waals surface area contributed by atoms with Crippen molar-refractivity contribution < 1.29 is 16.5 Å². The second-order valence-corrected chi connectivity index (χ2v) is 4.35. The maximum atomic E-state index is 12.3. The molecule has 1 aromatic rings. The minimum absolute atomic E-state index is 0.0922. The number of halogens is 1. The van der Waals surface area contributed by atoms with E-state index in [0.29, 0.717) is 16.0 Å². The van der Waals surface area contributed by atoms with Crippen LogP contribution < -0.4 is 9.92 Å². The van der Waals surface area contributed by atoms with Gasteiger partial charge in [-0.1, -0.05) is 3.89 Å². The van der Waals surface area contributed by atoms with Crippen molar-refractivity contribution in [3.63, 3.8) is 0 Å². The lowest BCUT2D eigenvalue weighted by molar-refractivity contribution is 0.437. The minimum atomic E-state index is -5.02. The van der Waals surface area contributed by atoms with Crippen molar-refractivity contribution in [2.24, 2.45) is 5.73 Å². The molecule has 0 bridgehead atoms. The van der Waals surface area contributed by atoms with Crippen LogP contribution in [0.3, 0.4) is 0 Å². The SMILES string of the molecule is Cc1c(S)cc(CN)cc1OS(=O)(=O)F. The predicted octanol–water partition coefficient (Wildman–Crippen LogP) is 1.34. The van der Waals surface area contributed by atoms with Gasteiger partial charge in [0.2, 0.25) is 0 Å². The number of rotatable bonds is 3. The average Bonchev–Trinajstić information content (AvgIpc) is 2.10. The van der Waals surface area contributed by atoms with Gasteiger partial charge in [-0.3, -0.25) is 0 Å². The summed E-state index contributed by atoms with van der Waals surface area (Å²) in [6, 6.07) is 3.03. The van der Waals surface area contributed by atoms with Gasteiger partial charge in [0.15, 0.2) is 0 Å². The molecule has 0 unspecified atom stereocenters. The Labute approximate surface area is 93.1 Å². The molecule has 0 saturated heterocycles. The molecular formula is C8H10FNO3S2. The molecule has 1 rings (SSSR count). The molecule has 0 heterocycles. The fraction of sp³-hybridized carbons (Fsp3) is 0.250. The Balaban J connectivity index is 3.22. The lowest BCUT2D eigenvalue weighted by Crippen LogP contribution is -2.05. The average molecular weight is 251 g/mol. The van der Waals surface area contributed by atoms with Crippen LogP contribution in [0.5, 0.6) is 5.75 Å². The molecule has 7 heteroatoms. The highest BCUT2D eigenvalue weighted by Gasteiger charge is 2.14. The molecule has 15 heavy (non-hydrogen) atoms. The second-order valence-electron chi connectivity index (χ2n) is 2.92. The summed E-state index contributed by atoms with van der Waals surface area (Å²) in [5.41, 5.74) is 6.43. The highest BCUT2D eigenvalue weighted by Crippen LogP contribution is 2.27. The summed E-state index contributed by atoms with van der Waals surface area (Å²) in [5.74, 6) is -0.0922. The molecule has 4 nitrogen and oxygen atoms in total. The zero-order valence-electron chi connectivity index (χ0n) is 7.90. The third-order valence-electron chi connectivity index (χ3n) is 1.82. The van der Waals surface area contributed by atoms with Crippen LogP contribution in [-0.2, 0) is 17.0 Å². The van der Waals surface area contributed by atoms with Crippen molar-refractivity contribution in [1.82, 2.24) is 0 Å². The van der Waals surface area contributed by atoms with E-state index in [4.69, 9.17) is 5.73 Å². The maximum Gasteiger partial charge on any atom is 0.488 e. The van der Waals surface area contributed by atoms with Gasteiger partial charge in [-0.25, -0.2) is 0 Å². The summed E-state index contributed by atoms with van der Waals surface area (Å²) < 4.78 is 37.1. The molecule has 1 aromatic carbocycles. The lowest BCUT2D eigenvalue weighted by Gasteiger charge is -2.08. The molecule has 0 amide bonds. The number of nitrogens with two attached hydrogens (primary N) is 1. The van der Waals surface area contributed by atoms with Crippen molar-refractivity contribution in [3.05, 3.63) is 23.3 Å². The van der Waals surface area contributed by atoms with Gasteiger partial charge in [-0.15, -0.1) is 12.6 Å². The summed E-state index contributed by atoms with van der Waals surface area (Å²) in [6.07, 6.45) is 0. The molecule has 0 aliphatic carbocycles. The van der Waals surface area contributed by atoms with Crippen molar-refractivity contribution >= 4 is 23.1 Å². The van der Waals surface area contributed by atoms with Crippen LogP contribution in [0, 0.1) is 6.92 Å². The van der Waals surface area contributed by atoms with Gasteiger partial charge in [0.05, 0.1) is 0 Å². The van der Waals surface area contributed by atoms with Crippen LogP contribution in [0.2, 0.25) is 0 Å². The normalized spacial score (nSPS) is 11.5. The van der Waals surface area contributed by atoms with Gasteiger partial charge in [-0.05, 0) is 24.6 Å². The van der Waals surface area contributed by atoms with Gasteiger partial charge in [0.25, 0.3) is 0 Å². The van der Waals surface area contributed by atoms with Crippen LogP contribution in [0.25, 0.3) is 0 Å². The zero-order valence-corrected chi connectivity index (χ0v) is 9.61. The van der Waals surface area contributed by atoms with Crippen molar-refractivity contribution in [2.45, 2.75) is 18.4 Å². The molecule has 0 aliphatic heterocycles. The monoisotopic (exact) mass is 251 g/mol. The highest BCUT2D eigenvalue weighted by molar-refractivity contribution is 7.81. The lowest BCUT2D eigenvalue weighted by atomic mass is 10.1. The molecule has 0 fully saturated rings. The van der Waals surface area contributed by atoms with Gasteiger partial charge in [-0.2, -0.15) is 8.42 Å². The Kier molecular flexibility index (Phi) is 3.58. The standard InChI is InChI=1S/C8H10FNO3S2/c1-5-7(13-15(9,11)12)2-6(4-10)3-8(5)14/h2-3,14H,4,10H2,1H3. The molecule has 0 radical (unpaired) electrons. The second kappa shape index (κ2) is 4.38. The van der Waals surface area contributed by atoms with Crippen LogP contribution in [-0.4, -0.2) is 8.42 Å². The van der Waals surface area contributed by atoms with Gasteiger partial charge in [0.1, 0.15) is 5.75 Å². The Bertz CT molecular complexity index is 473. The van der Waals surface area contributed by atoms with Crippen molar-refractivity contribution in [1.29, 1.82) is 0 Å². The van der Waals surface area contributed by atoms with Gasteiger partial charge >= 0.3 is 10.5 Å². The van der Waals surface area contributed by atoms with Crippen molar-refractivity contribution in [2.75, 3.05) is 0 Å². The van der Waals surface area contributed by atoms with Crippen LogP contribution in [0.4, 0.5) is 3.89 Å². The van der Waals surface area contributed by atoms with Crippen LogP contribution in [0.1, 0.15) is 11.1 Å². The number of benzene rings is 1.